The van der Waals surface area contributed by atoms with Crippen molar-refractivity contribution < 1.29 is 4.79 Å². The minimum Gasteiger partial charge on any atom is -0.325 e. The minimum absolute atomic E-state index is 0.0281. The Morgan fingerprint density at radius 2 is 2.10 bits per heavy atom. The Morgan fingerprint density at radius 1 is 1.29 bits per heavy atom. The van der Waals surface area contributed by atoms with Crippen LogP contribution in [0.5, 0.6) is 0 Å². The number of carbonyl (C=O) groups excluding carboxylic acids is 1. The van der Waals surface area contributed by atoms with E-state index in [-0.39, 0.29) is 5.91 Å². The molecule has 21 heavy (non-hydrogen) atoms. The van der Waals surface area contributed by atoms with E-state index in [9.17, 15) is 4.79 Å². The normalized spacial score (nSPS) is 17.3. The first-order valence-electron chi connectivity index (χ1n) is 7.07. The first-order valence-corrected chi connectivity index (χ1v) is 8.33. The molecule has 0 radical (unpaired) electrons. The summed E-state index contributed by atoms with van der Waals surface area (Å²) in [5.74, 6) is -0.0281. The van der Waals surface area contributed by atoms with E-state index in [1.165, 1.54) is 23.3 Å². The summed E-state index contributed by atoms with van der Waals surface area (Å²) in [6.07, 6.45) is 3.45. The van der Waals surface area contributed by atoms with Gasteiger partial charge in [0.2, 0.25) is 5.91 Å². The highest BCUT2D eigenvalue weighted by molar-refractivity contribution is 7.10. The van der Waals surface area contributed by atoms with Crippen LogP contribution in [-0.4, -0.2) is 12.5 Å². The van der Waals surface area contributed by atoms with E-state index < -0.39 is 0 Å². The van der Waals surface area contributed by atoms with Gasteiger partial charge in [-0.3, -0.25) is 4.79 Å². The van der Waals surface area contributed by atoms with Crippen molar-refractivity contribution in [3.63, 3.8) is 0 Å². The van der Waals surface area contributed by atoms with Gasteiger partial charge in [0.25, 0.3) is 0 Å². The molecule has 1 aromatic heterocycles. The molecule has 110 valence electrons. The molecular weight excluding hydrogens is 304 g/mol. The summed E-state index contributed by atoms with van der Waals surface area (Å²) in [6.45, 7) is 0.322. The van der Waals surface area contributed by atoms with Crippen LogP contribution in [0.2, 0.25) is 5.02 Å². The molecule has 0 bridgehead atoms. The first kappa shape index (κ1) is 14.6. The molecule has 1 heterocycles. The van der Waals surface area contributed by atoms with Crippen LogP contribution in [0.1, 0.15) is 29.3 Å². The molecule has 1 atom stereocenters. The predicted octanol–water partition coefficient (Wildman–Crippen LogP) is 4.01. The van der Waals surface area contributed by atoms with Crippen LogP contribution < -0.4 is 10.6 Å². The zero-order valence-electron chi connectivity index (χ0n) is 11.6. The van der Waals surface area contributed by atoms with Crippen molar-refractivity contribution in [3.8, 4) is 0 Å². The van der Waals surface area contributed by atoms with Gasteiger partial charge in [0.1, 0.15) is 0 Å². The molecule has 1 aliphatic carbocycles. The minimum atomic E-state index is -0.0281. The van der Waals surface area contributed by atoms with E-state index in [0.29, 0.717) is 17.6 Å². The Balaban J connectivity index is 1.54. The largest absolute Gasteiger partial charge is 0.325 e. The van der Waals surface area contributed by atoms with E-state index >= 15 is 0 Å². The van der Waals surface area contributed by atoms with E-state index in [2.05, 4.69) is 22.1 Å². The Kier molecular flexibility index (Phi) is 4.58. The van der Waals surface area contributed by atoms with Gasteiger partial charge in [-0.15, -0.1) is 11.3 Å². The lowest BCUT2D eigenvalue weighted by Gasteiger charge is -2.23. The summed E-state index contributed by atoms with van der Waals surface area (Å²) in [5, 5.41) is 9.04. The zero-order chi connectivity index (χ0) is 14.7. The molecule has 0 saturated carbocycles. The predicted molar refractivity (Wildman–Crippen MR) is 88.1 cm³/mol. The van der Waals surface area contributed by atoms with Crippen molar-refractivity contribution in [2.75, 3.05) is 11.9 Å². The summed E-state index contributed by atoms with van der Waals surface area (Å²) in [5.41, 5.74) is 2.14. The zero-order valence-corrected chi connectivity index (χ0v) is 13.1. The van der Waals surface area contributed by atoms with Gasteiger partial charge in [0.05, 0.1) is 6.54 Å². The number of anilines is 1. The number of aryl methyl sites for hydroxylation is 1. The fourth-order valence-corrected chi connectivity index (χ4v) is 3.77. The van der Waals surface area contributed by atoms with Crippen LogP contribution in [0.4, 0.5) is 5.69 Å². The molecular formula is C16H17ClN2OS. The quantitative estimate of drug-likeness (QED) is 0.893. The molecule has 1 aromatic carbocycles. The molecule has 0 fully saturated rings. The molecule has 3 rings (SSSR count). The van der Waals surface area contributed by atoms with E-state index in [0.717, 1.165) is 12.1 Å². The third-order valence-corrected chi connectivity index (χ3v) is 4.94. The van der Waals surface area contributed by atoms with Crippen molar-refractivity contribution in [3.05, 3.63) is 51.2 Å². The van der Waals surface area contributed by atoms with Crippen LogP contribution in [0.3, 0.4) is 0 Å². The summed E-state index contributed by atoms with van der Waals surface area (Å²) in [7, 11) is 0. The van der Waals surface area contributed by atoms with Gasteiger partial charge in [0.15, 0.2) is 0 Å². The second kappa shape index (κ2) is 6.60. The summed E-state index contributed by atoms with van der Waals surface area (Å²) < 4.78 is 0. The summed E-state index contributed by atoms with van der Waals surface area (Å²) in [4.78, 5) is 13.4. The van der Waals surface area contributed by atoms with Crippen LogP contribution in [0, 0.1) is 0 Å². The Bertz CT molecular complexity index is 623. The van der Waals surface area contributed by atoms with E-state index in [1.807, 2.05) is 11.3 Å². The van der Waals surface area contributed by atoms with Gasteiger partial charge < -0.3 is 10.6 Å². The molecule has 3 nitrogen and oxygen atoms in total. The molecule has 2 aromatic rings. The van der Waals surface area contributed by atoms with Gasteiger partial charge in [-0.05, 0) is 60.5 Å². The molecule has 2 N–H and O–H groups in total. The van der Waals surface area contributed by atoms with E-state index in [4.69, 9.17) is 11.6 Å². The smallest absolute Gasteiger partial charge is 0.238 e. The maximum atomic E-state index is 12.0. The van der Waals surface area contributed by atoms with Gasteiger partial charge in [-0.2, -0.15) is 0 Å². The summed E-state index contributed by atoms with van der Waals surface area (Å²) in [6, 6.07) is 9.62. The number of carbonyl (C=O) groups is 1. The fourth-order valence-electron chi connectivity index (χ4n) is 2.65. The summed E-state index contributed by atoms with van der Waals surface area (Å²) >= 11 is 7.64. The average molecular weight is 321 g/mol. The second-order valence-electron chi connectivity index (χ2n) is 5.18. The highest BCUT2D eigenvalue weighted by Gasteiger charge is 2.21. The molecule has 1 amide bonds. The fraction of sp³-hybridized carbons (Fsp3) is 0.312. The Labute approximate surface area is 133 Å². The average Bonchev–Trinajstić information content (AvgIpc) is 2.96. The van der Waals surface area contributed by atoms with Crippen molar-refractivity contribution in [1.82, 2.24) is 5.32 Å². The van der Waals surface area contributed by atoms with Crippen molar-refractivity contribution >= 4 is 34.5 Å². The second-order valence-corrected chi connectivity index (χ2v) is 6.62. The number of benzene rings is 1. The highest BCUT2D eigenvalue weighted by Crippen LogP contribution is 2.33. The number of hydrogen-bond acceptors (Lipinski definition) is 3. The van der Waals surface area contributed by atoms with Crippen LogP contribution >= 0.6 is 22.9 Å². The number of fused-ring (bicyclic) bond motifs is 1. The molecule has 5 heteroatoms. The monoisotopic (exact) mass is 320 g/mol. The lowest BCUT2D eigenvalue weighted by molar-refractivity contribution is -0.115. The van der Waals surface area contributed by atoms with Crippen molar-refractivity contribution in [1.29, 1.82) is 0 Å². The maximum absolute atomic E-state index is 12.0. The van der Waals surface area contributed by atoms with Crippen molar-refractivity contribution in [2.45, 2.75) is 25.3 Å². The van der Waals surface area contributed by atoms with Crippen molar-refractivity contribution in [2.24, 2.45) is 0 Å². The van der Waals surface area contributed by atoms with Gasteiger partial charge in [-0.1, -0.05) is 11.6 Å². The highest BCUT2D eigenvalue weighted by atomic mass is 35.5. The molecule has 1 aliphatic rings. The van der Waals surface area contributed by atoms with E-state index in [1.54, 1.807) is 24.3 Å². The first-order chi connectivity index (χ1) is 10.2. The van der Waals surface area contributed by atoms with Gasteiger partial charge in [0, 0.05) is 21.6 Å². The van der Waals surface area contributed by atoms with Crippen LogP contribution in [0.15, 0.2) is 35.7 Å². The molecule has 0 saturated heterocycles. The number of thiophene rings is 1. The molecule has 1 unspecified atom stereocenters. The number of amides is 1. The molecule has 0 spiro atoms. The van der Waals surface area contributed by atoms with Crippen LogP contribution in [-0.2, 0) is 11.2 Å². The lowest BCUT2D eigenvalue weighted by Crippen LogP contribution is -2.32. The SMILES string of the molecule is O=C(CNC1CCCc2sccc21)Nc1ccc(Cl)cc1. The van der Waals surface area contributed by atoms with Gasteiger partial charge in [-0.25, -0.2) is 0 Å². The number of nitrogens with one attached hydrogen (secondary N) is 2. The van der Waals surface area contributed by atoms with Crippen LogP contribution in [0.25, 0.3) is 0 Å². The Hall–Kier alpha value is -1.36. The lowest BCUT2D eigenvalue weighted by atomic mass is 9.94. The Morgan fingerprint density at radius 3 is 2.90 bits per heavy atom. The third-order valence-electron chi connectivity index (χ3n) is 3.69. The number of hydrogen-bond donors (Lipinski definition) is 2. The third kappa shape index (κ3) is 3.64. The topological polar surface area (TPSA) is 41.1 Å². The maximum Gasteiger partial charge on any atom is 0.238 e. The molecule has 0 aliphatic heterocycles. The standard InChI is InChI=1S/C16H17ClN2OS/c17-11-4-6-12(7-5-11)19-16(20)10-18-14-2-1-3-15-13(14)8-9-21-15/h4-9,14,18H,1-3,10H2,(H,19,20). The number of halogens is 1. The number of rotatable bonds is 4. The van der Waals surface area contributed by atoms with Gasteiger partial charge >= 0.3 is 0 Å².